The van der Waals surface area contributed by atoms with Crippen molar-refractivity contribution in [1.82, 2.24) is 4.98 Å². The number of nitrogens with one attached hydrogen (secondary N) is 3. The first-order valence-corrected chi connectivity index (χ1v) is 12.5. The van der Waals surface area contributed by atoms with Gasteiger partial charge < -0.3 is 20.4 Å². The third kappa shape index (κ3) is 5.00. The molecule has 0 bridgehead atoms. The topological polar surface area (TPSA) is 117 Å². The molecule has 2 heterocycles. The van der Waals surface area contributed by atoms with E-state index in [9.17, 15) is 23.6 Å². The van der Waals surface area contributed by atoms with E-state index >= 15 is 0 Å². The molecule has 0 spiro atoms. The largest absolute Gasteiger partial charge is 0.466 e. The number of fused-ring (bicyclic) bond motifs is 2. The van der Waals surface area contributed by atoms with Crippen LogP contribution < -0.4 is 10.6 Å². The number of halogens is 1. The molecular formula is C29H26FN3O5. The second-order valence-electron chi connectivity index (χ2n) is 9.19. The van der Waals surface area contributed by atoms with E-state index in [-0.39, 0.29) is 30.7 Å². The highest BCUT2D eigenvalue weighted by molar-refractivity contribution is 6.35. The smallest absolute Gasteiger partial charge is 0.306 e. The summed E-state index contributed by atoms with van der Waals surface area (Å²) in [5.41, 5.74) is 5.01. The van der Waals surface area contributed by atoms with Gasteiger partial charge in [-0.1, -0.05) is 0 Å². The normalized spacial score (nSPS) is 15.2. The Hall–Kier alpha value is -4.53. The van der Waals surface area contributed by atoms with Crippen molar-refractivity contribution in [3.8, 4) is 0 Å². The van der Waals surface area contributed by atoms with Crippen molar-refractivity contribution in [3.63, 3.8) is 0 Å². The van der Waals surface area contributed by atoms with Gasteiger partial charge in [0.25, 0.3) is 11.8 Å². The molecule has 2 aliphatic rings. The summed E-state index contributed by atoms with van der Waals surface area (Å²) in [6, 6.07) is 10.2. The highest BCUT2D eigenvalue weighted by Crippen LogP contribution is 2.37. The molecule has 1 aliphatic carbocycles. The second kappa shape index (κ2) is 10.5. The number of benzene rings is 2. The Kier molecular flexibility index (Phi) is 6.91. The van der Waals surface area contributed by atoms with Crippen LogP contribution in [-0.4, -0.2) is 35.2 Å². The lowest BCUT2D eigenvalue weighted by atomic mass is 9.91. The molecule has 2 amide bonds. The molecule has 3 N–H and O–H groups in total. The average Bonchev–Trinajstić information content (AvgIpc) is 3.40. The van der Waals surface area contributed by atoms with Gasteiger partial charge in [-0.05, 0) is 80.3 Å². The Balaban J connectivity index is 1.48. The minimum atomic E-state index is -0.437. The second-order valence-corrected chi connectivity index (χ2v) is 9.19. The maximum atomic E-state index is 13.2. The molecule has 1 aliphatic heterocycles. The molecule has 0 unspecified atom stereocenters. The first-order chi connectivity index (χ1) is 18.3. The van der Waals surface area contributed by atoms with Crippen molar-refractivity contribution in [3.05, 3.63) is 81.9 Å². The highest BCUT2D eigenvalue weighted by Gasteiger charge is 2.29. The number of ketones is 1. The van der Waals surface area contributed by atoms with Gasteiger partial charge in [0.15, 0.2) is 5.78 Å². The first-order valence-electron chi connectivity index (χ1n) is 12.5. The number of H-pyrrole nitrogens is 1. The average molecular weight is 516 g/mol. The fourth-order valence-corrected chi connectivity index (χ4v) is 4.89. The van der Waals surface area contributed by atoms with Crippen molar-refractivity contribution in [2.75, 3.05) is 17.2 Å². The van der Waals surface area contributed by atoms with Gasteiger partial charge in [0, 0.05) is 52.3 Å². The zero-order chi connectivity index (χ0) is 26.8. The standard InChI is InChI=1S/C29H26FN3O5/c1-2-38-26(35)13-11-19-24(32-23-4-3-5-25(34)27(19)23)15-21-20-14-18(10-12-22(20)33-29(21)37)31-28(36)16-6-8-17(30)9-7-16/h6-10,12,14-15,32H,2-5,11,13H2,1H3,(H,31,36)(H,33,37). The Morgan fingerprint density at radius 2 is 1.89 bits per heavy atom. The number of hydrogen-bond acceptors (Lipinski definition) is 5. The number of amides is 2. The van der Waals surface area contributed by atoms with Crippen LogP contribution in [0.2, 0.25) is 0 Å². The van der Waals surface area contributed by atoms with Crippen molar-refractivity contribution >= 4 is 46.6 Å². The molecule has 194 valence electrons. The monoisotopic (exact) mass is 515 g/mol. The fraction of sp³-hybridized carbons (Fsp3) is 0.241. The van der Waals surface area contributed by atoms with E-state index in [1.165, 1.54) is 24.3 Å². The van der Waals surface area contributed by atoms with E-state index in [0.29, 0.717) is 64.2 Å². The zero-order valence-corrected chi connectivity index (χ0v) is 20.8. The third-order valence-corrected chi connectivity index (χ3v) is 6.66. The van der Waals surface area contributed by atoms with Crippen LogP contribution in [0.15, 0.2) is 42.5 Å². The van der Waals surface area contributed by atoms with Crippen LogP contribution in [-0.2, 0) is 27.2 Å². The molecule has 0 saturated carbocycles. The van der Waals surface area contributed by atoms with Crippen LogP contribution in [0.25, 0.3) is 11.6 Å². The van der Waals surface area contributed by atoms with Crippen LogP contribution in [0, 0.1) is 5.82 Å². The molecule has 1 aromatic heterocycles. The van der Waals surface area contributed by atoms with Crippen LogP contribution in [0.1, 0.15) is 69.4 Å². The molecule has 0 atom stereocenters. The number of aromatic nitrogens is 1. The van der Waals surface area contributed by atoms with Crippen molar-refractivity contribution in [2.45, 2.75) is 39.0 Å². The van der Waals surface area contributed by atoms with Gasteiger partial charge in [0.2, 0.25) is 0 Å². The summed E-state index contributed by atoms with van der Waals surface area (Å²) >= 11 is 0. The molecule has 5 rings (SSSR count). The predicted octanol–water partition coefficient (Wildman–Crippen LogP) is 4.91. The summed E-state index contributed by atoms with van der Waals surface area (Å²) in [5.74, 6) is -1.50. The van der Waals surface area contributed by atoms with E-state index in [4.69, 9.17) is 4.74 Å². The van der Waals surface area contributed by atoms with E-state index < -0.39 is 11.7 Å². The maximum Gasteiger partial charge on any atom is 0.306 e. The quantitative estimate of drug-likeness (QED) is 0.305. The summed E-state index contributed by atoms with van der Waals surface area (Å²) in [4.78, 5) is 53.7. The summed E-state index contributed by atoms with van der Waals surface area (Å²) in [6.07, 6.45) is 3.99. The van der Waals surface area contributed by atoms with Gasteiger partial charge in [-0.25, -0.2) is 4.39 Å². The van der Waals surface area contributed by atoms with Crippen molar-refractivity contribution in [1.29, 1.82) is 0 Å². The zero-order valence-electron chi connectivity index (χ0n) is 20.8. The van der Waals surface area contributed by atoms with Gasteiger partial charge in [-0.15, -0.1) is 0 Å². The van der Waals surface area contributed by atoms with E-state index in [2.05, 4.69) is 15.6 Å². The minimum absolute atomic E-state index is 0.0214. The SMILES string of the molecule is CCOC(=O)CCc1c(C=C2C(=O)Nc3ccc(NC(=O)c4ccc(F)cc4)cc32)[nH]c2c1C(=O)CCC2. The lowest BCUT2D eigenvalue weighted by Gasteiger charge is -2.11. The van der Waals surface area contributed by atoms with Gasteiger partial charge in [-0.2, -0.15) is 0 Å². The Bertz CT molecular complexity index is 1490. The molecule has 0 radical (unpaired) electrons. The van der Waals surface area contributed by atoms with Gasteiger partial charge in [-0.3, -0.25) is 19.2 Å². The number of aromatic amines is 1. The minimum Gasteiger partial charge on any atom is -0.466 e. The van der Waals surface area contributed by atoms with Crippen molar-refractivity contribution < 1.29 is 28.3 Å². The molecule has 38 heavy (non-hydrogen) atoms. The molecule has 2 aromatic carbocycles. The Labute approximate surface area is 218 Å². The summed E-state index contributed by atoms with van der Waals surface area (Å²) in [7, 11) is 0. The Morgan fingerprint density at radius 1 is 1.11 bits per heavy atom. The van der Waals surface area contributed by atoms with Gasteiger partial charge in [0.05, 0.1) is 12.2 Å². The molecular weight excluding hydrogens is 489 g/mol. The summed E-state index contributed by atoms with van der Waals surface area (Å²) in [6.45, 7) is 2.01. The Morgan fingerprint density at radius 3 is 2.66 bits per heavy atom. The van der Waals surface area contributed by atoms with E-state index in [1.807, 2.05) is 0 Å². The number of anilines is 2. The predicted molar refractivity (Wildman–Crippen MR) is 140 cm³/mol. The highest BCUT2D eigenvalue weighted by atomic mass is 19.1. The molecule has 9 heteroatoms. The lowest BCUT2D eigenvalue weighted by Crippen LogP contribution is -2.12. The number of Topliss-reactive ketones (excluding diaryl/α,β-unsaturated/α-hetero) is 1. The summed E-state index contributed by atoms with van der Waals surface area (Å²) < 4.78 is 18.3. The fourth-order valence-electron chi connectivity index (χ4n) is 4.89. The third-order valence-electron chi connectivity index (χ3n) is 6.66. The van der Waals surface area contributed by atoms with Gasteiger partial charge >= 0.3 is 5.97 Å². The van der Waals surface area contributed by atoms with Crippen LogP contribution >= 0.6 is 0 Å². The number of carbonyl (C=O) groups excluding carboxylic acids is 4. The maximum absolute atomic E-state index is 13.2. The van der Waals surface area contributed by atoms with Crippen LogP contribution in [0.3, 0.4) is 0 Å². The number of esters is 1. The number of ether oxygens (including phenoxy) is 1. The molecule has 3 aromatic rings. The van der Waals surface area contributed by atoms with E-state index in [1.54, 1.807) is 31.2 Å². The van der Waals surface area contributed by atoms with Crippen LogP contribution in [0.4, 0.5) is 15.8 Å². The first kappa shape index (κ1) is 25.1. The van der Waals surface area contributed by atoms with Crippen molar-refractivity contribution in [2.24, 2.45) is 0 Å². The lowest BCUT2D eigenvalue weighted by molar-refractivity contribution is -0.143. The van der Waals surface area contributed by atoms with Crippen LogP contribution in [0.5, 0.6) is 0 Å². The number of rotatable bonds is 7. The molecule has 0 saturated heterocycles. The van der Waals surface area contributed by atoms with Gasteiger partial charge in [0.1, 0.15) is 5.82 Å². The summed E-state index contributed by atoms with van der Waals surface area (Å²) in [5, 5.41) is 5.60. The number of hydrogen-bond donors (Lipinski definition) is 3. The molecule has 8 nitrogen and oxygen atoms in total. The number of aryl methyl sites for hydroxylation is 1. The van der Waals surface area contributed by atoms with E-state index in [0.717, 1.165) is 12.1 Å². The molecule has 0 fully saturated rings. The number of carbonyl (C=O) groups is 4.